The highest BCUT2D eigenvalue weighted by atomic mass is 35.5. The molecule has 0 atom stereocenters. The molecular weight excluding hydrogens is 305 g/mol. The van der Waals surface area contributed by atoms with Crippen molar-refractivity contribution in [1.82, 2.24) is 0 Å². The van der Waals surface area contributed by atoms with Crippen molar-refractivity contribution in [1.29, 1.82) is 0 Å². The first kappa shape index (κ1) is 13.7. The normalized spacial score (nSPS) is 11.0. The van der Waals surface area contributed by atoms with Gasteiger partial charge in [0.05, 0.1) is 10.6 Å². The number of hydrogen-bond acceptors (Lipinski definition) is 2. The van der Waals surface area contributed by atoms with E-state index in [0.717, 1.165) is 0 Å². The topological polar surface area (TPSA) is 30.2 Å². The molecule has 0 fully saturated rings. The summed E-state index contributed by atoms with van der Waals surface area (Å²) in [5.74, 6) is -3.43. The summed E-state index contributed by atoms with van der Waals surface area (Å²) < 4.78 is 45.4. The molecule has 0 saturated heterocycles. The van der Waals surface area contributed by atoms with E-state index in [-0.39, 0.29) is 11.3 Å². The van der Waals surface area contributed by atoms with Gasteiger partial charge in [0.1, 0.15) is 23.0 Å². The largest absolute Gasteiger partial charge is 0.453 e. The maximum atomic E-state index is 13.7. The maximum absolute atomic E-state index is 13.7. The second kappa shape index (κ2) is 4.93. The van der Waals surface area contributed by atoms with Gasteiger partial charge in [-0.25, -0.2) is 13.2 Å². The molecule has 2 aromatic carbocycles. The van der Waals surface area contributed by atoms with Gasteiger partial charge in [-0.15, -0.1) is 0 Å². The third-order valence-electron chi connectivity index (χ3n) is 2.96. The Morgan fingerprint density at radius 3 is 2.52 bits per heavy atom. The molecule has 2 nitrogen and oxygen atoms in total. The van der Waals surface area contributed by atoms with E-state index in [2.05, 4.69) is 0 Å². The molecule has 3 aromatic rings. The Bertz CT molecular complexity index is 871. The fourth-order valence-corrected chi connectivity index (χ4v) is 2.11. The van der Waals surface area contributed by atoms with Gasteiger partial charge in [0.15, 0.2) is 5.76 Å². The molecule has 0 aliphatic heterocycles. The Labute approximate surface area is 121 Å². The monoisotopic (exact) mass is 310 g/mol. The van der Waals surface area contributed by atoms with Gasteiger partial charge in [-0.1, -0.05) is 11.6 Å². The van der Waals surface area contributed by atoms with Crippen LogP contribution in [-0.4, -0.2) is 5.78 Å². The van der Waals surface area contributed by atoms with Crippen LogP contribution in [0.2, 0.25) is 5.02 Å². The summed E-state index contributed by atoms with van der Waals surface area (Å²) in [7, 11) is 0. The van der Waals surface area contributed by atoms with E-state index in [1.54, 1.807) is 0 Å². The van der Waals surface area contributed by atoms with Crippen molar-refractivity contribution in [2.45, 2.75) is 0 Å². The van der Waals surface area contributed by atoms with Gasteiger partial charge >= 0.3 is 0 Å². The number of ketones is 1. The van der Waals surface area contributed by atoms with E-state index in [4.69, 9.17) is 16.0 Å². The summed E-state index contributed by atoms with van der Waals surface area (Å²) in [5.41, 5.74) is -0.231. The number of benzene rings is 2. The van der Waals surface area contributed by atoms with E-state index in [0.29, 0.717) is 17.5 Å². The summed E-state index contributed by atoms with van der Waals surface area (Å²) in [6.07, 6.45) is 0. The Kier molecular flexibility index (Phi) is 3.22. The molecular formula is C15H6ClF3O2. The lowest BCUT2D eigenvalue weighted by molar-refractivity contribution is 0.101. The standard InChI is InChI=1S/C15H6ClF3O2/c16-10-6-11(18)9(5-12(10)19)15(20)14-4-7-3-8(17)1-2-13(7)21-14/h1-6H. The van der Waals surface area contributed by atoms with Crippen LogP contribution in [-0.2, 0) is 0 Å². The quantitative estimate of drug-likeness (QED) is 0.506. The molecule has 106 valence electrons. The SMILES string of the molecule is O=C(c1cc2cc(F)ccc2o1)c1cc(F)c(Cl)cc1F. The zero-order valence-corrected chi connectivity index (χ0v) is 11.0. The van der Waals surface area contributed by atoms with E-state index < -0.39 is 33.8 Å². The first-order valence-corrected chi connectivity index (χ1v) is 6.22. The van der Waals surface area contributed by atoms with Crippen molar-refractivity contribution in [2.24, 2.45) is 0 Å². The van der Waals surface area contributed by atoms with Crippen LogP contribution in [0, 0.1) is 17.5 Å². The van der Waals surface area contributed by atoms with Crippen LogP contribution >= 0.6 is 11.6 Å². The number of hydrogen-bond donors (Lipinski definition) is 0. The summed E-state index contributed by atoms with van der Waals surface area (Å²) in [5, 5.41) is -0.0658. The summed E-state index contributed by atoms with van der Waals surface area (Å²) in [6, 6.07) is 6.38. The summed E-state index contributed by atoms with van der Waals surface area (Å²) in [6.45, 7) is 0. The van der Waals surface area contributed by atoms with Crippen molar-refractivity contribution in [3.63, 3.8) is 0 Å². The minimum Gasteiger partial charge on any atom is -0.453 e. The van der Waals surface area contributed by atoms with Crippen LogP contribution in [0.1, 0.15) is 16.1 Å². The number of carbonyl (C=O) groups excluding carboxylic acids is 1. The molecule has 0 bridgehead atoms. The second-order valence-electron chi connectivity index (χ2n) is 4.37. The fourth-order valence-electron chi connectivity index (χ4n) is 1.96. The molecule has 3 rings (SSSR count). The van der Waals surface area contributed by atoms with Gasteiger partial charge in [-0.05, 0) is 36.4 Å². The molecule has 0 radical (unpaired) electrons. The number of furan rings is 1. The van der Waals surface area contributed by atoms with Gasteiger partial charge in [-0.3, -0.25) is 4.79 Å². The van der Waals surface area contributed by atoms with Crippen molar-refractivity contribution in [3.05, 3.63) is 70.2 Å². The van der Waals surface area contributed by atoms with Crippen molar-refractivity contribution in [2.75, 3.05) is 0 Å². The van der Waals surface area contributed by atoms with Crippen LogP contribution in [0.15, 0.2) is 40.8 Å². The minimum atomic E-state index is -0.960. The summed E-state index contributed by atoms with van der Waals surface area (Å²) >= 11 is 5.43. The first-order chi connectivity index (χ1) is 9.95. The van der Waals surface area contributed by atoms with E-state index in [1.807, 2.05) is 0 Å². The molecule has 21 heavy (non-hydrogen) atoms. The van der Waals surface area contributed by atoms with Crippen LogP contribution in [0.3, 0.4) is 0 Å². The predicted octanol–water partition coefficient (Wildman–Crippen LogP) is 4.73. The van der Waals surface area contributed by atoms with Crippen LogP contribution in [0.25, 0.3) is 11.0 Å². The van der Waals surface area contributed by atoms with E-state index >= 15 is 0 Å². The molecule has 0 saturated carbocycles. The highest BCUT2D eigenvalue weighted by molar-refractivity contribution is 6.30. The van der Waals surface area contributed by atoms with Gasteiger partial charge in [-0.2, -0.15) is 0 Å². The third kappa shape index (κ3) is 2.40. The molecule has 1 heterocycles. The van der Waals surface area contributed by atoms with Crippen molar-refractivity contribution >= 4 is 28.4 Å². The molecule has 0 spiro atoms. The van der Waals surface area contributed by atoms with Crippen molar-refractivity contribution < 1.29 is 22.4 Å². The number of halogens is 4. The number of fused-ring (bicyclic) bond motifs is 1. The first-order valence-electron chi connectivity index (χ1n) is 5.84. The molecule has 0 N–H and O–H groups in total. The summed E-state index contributed by atoms with van der Waals surface area (Å²) in [4.78, 5) is 12.1. The highest BCUT2D eigenvalue weighted by Gasteiger charge is 2.20. The Morgan fingerprint density at radius 2 is 1.76 bits per heavy atom. The van der Waals surface area contributed by atoms with E-state index in [9.17, 15) is 18.0 Å². The zero-order valence-electron chi connectivity index (χ0n) is 10.3. The van der Waals surface area contributed by atoms with Crippen LogP contribution in [0.5, 0.6) is 0 Å². The maximum Gasteiger partial charge on any atom is 0.231 e. The number of carbonyl (C=O) groups is 1. The molecule has 1 aromatic heterocycles. The molecule has 0 aliphatic carbocycles. The molecule has 0 aliphatic rings. The second-order valence-corrected chi connectivity index (χ2v) is 4.78. The van der Waals surface area contributed by atoms with Crippen LogP contribution < -0.4 is 0 Å². The van der Waals surface area contributed by atoms with Gasteiger partial charge in [0.2, 0.25) is 5.78 Å². The lowest BCUT2D eigenvalue weighted by atomic mass is 10.1. The lowest BCUT2D eigenvalue weighted by Crippen LogP contribution is -2.04. The predicted molar refractivity (Wildman–Crippen MR) is 71.0 cm³/mol. The molecule has 6 heteroatoms. The smallest absolute Gasteiger partial charge is 0.231 e. The number of rotatable bonds is 2. The Balaban J connectivity index is 2.10. The van der Waals surface area contributed by atoms with Crippen molar-refractivity contribution in [3.8, 4) is 0 Å². The average molecular weight is 311 g/mol. The zero-order chi connectivity index (χ0) is 15.1. The van der Waals surface area contributed by atoms with Gasteiger partial charge < -0.3 is 4.42 Å². The van der Waals surface area contributed by atoms with Gasteiger partial charge in [0.25, 0.3) is 0 Å². The highest BCUT2D eigenvalue weighted by Crippen LogP contribution is 2.25. The van der Waals surface area contributed by atoms with Crippen LogP contribution in [0.4, 0.5) is 13.2 Å². The lowest BCUT2D eigenvalue weighted by Gasteiger charge is -2.01. The average Bonchev–Trinajstić information content (AvgIpc) is 2.85. The molecule has 0 unspecified atom stereocenters. The van der Waals surface area contributed by atoms with E-state index in [1.165, 1.54) is 24.3 Å². The fraction of sp³-hybridized carbons (Fsp3) is 0. The van der Waals surface area contributed by atoms with Gasteiger partial charge in [0, 0.05) is 5.39 Å². The molecule has 0 amide bonds. The minimum absolute atomic E-state index is 0.212. The Morgan fingerprint density at radius 1 is 1.00 bits per heavy atom. The Hall–Kier alpha value is -2.27. The third-order valence-corrected chi connectivity index (χ3v) is 3.25.